The highest BCUT2D eigenvalue weighted by Crippen LogP contribution is 2.28. The number of benzene rings is 2. The van der Waals surface area contributed by atoms with Gasteiger partial charge in [0.2, 0.25) is 4.77 Å². The Morgan fingerprint density at radius 2 is 2.04 bits per heavy atom. The molecule has 0 saturated carbocycles. The third-order valence-corrected chi connectivity index (χ3v) is 5.05. The first-order valence-electron chi connectivity index (χ1n) is 8.48. The van der Waals surface area contributed by atoms with Gasteiger partial charge in [-0.3, -0.25) is 4.57 Å². The molecule has 0 spiro atoms. The summed E-state index contributed by atoms with van der Waals surface area (Å²) in [4.78, 5) is 2.12. The molecule has 0 unspecified atom stereocenters. The minimum absolute atomic E-state index is 0.223. The van der Waals surface area contributed by atoms with Gasteiger partial charge in [-0.15, -0.1) is 0 Å². The Morgan fingerprint density at radius 3 is 2.88 bits per heavy atom. The van der Waals surface area contributed by atoms with E-state index in [1.807, 2.05) is 34.9 Å². The topological polar surface area (TPSA) is 35.2 Å². The molecule has 0 fully saturated rings. The van der Waals surface area contributed by atoms with Gasteiger partial charge in [-0.1, -0.05) is 18.2 Å². The highest BCUT2D eigenvalue weighted by Gasteiger charge is 2.19. The first-order chi connectivity index (χ1) is 12.7. The fourth-order valence-corrected chi connectivity index (χ4v) is 3.61. The van der Waals surface area contributed by atoms with E-state index >= 15 is 0 Å². The van der Waals surface area contributed by atoms with Crippen LogP contribution in [0.1, 0.15) is 12.0 Å². The van der Waals surface area contributed by atoms with Crippen LogP contribution in [0.15, 0.2) is 48.8 Å². The van der Waals surface area contributed by atoms with E-state index in [0.717, 1.165) is 42.1 Å². The molecule has 0 radical (unpaired) electrons. The SMILES string of the molecule is COc1ccccc1-n1cnn(CN2CCCc3ccc(F)cc32)c1=S. The van der Waals surface area contributed by atoms with Gasteiger partial charge in [0, 0.05) is 12.2 Å². The van der Waals surface area contributed by atoms with Crippen molar-refractivity contribution in [1.82, 2.24) is 14.3 Å². The Labute approximate surface area is 156 Å². The molecule has 26 heavy (non-hydrogen) atoms. The van der Waals surface area contributed by atoms with E-state index in [4.69, 9.17) is 17.0 Å². The molecule has 2 heterocycles. The number of methoxy groups -OCH3 is 1. The van der Waals surface area contributed by atoms with Crippen molar-refractivity contribution >= 4 is 17.9 Å². The van der Waals surface area contributed by atoms with Gasteiger partial charge in [0.05, 0.1) is 12.8 Å². The minimum atomic E-state index is -0.223. The van der Waals surface area contributed by atoms with Crippen LogP contribution < -0.4 is 9.64 Å². The number of ether oxygens (including phenoxy) is 1. The molecule has 5 nitrogen and oxygen atoms in total. The van der Waals surface area contributed by atoms with Crippen LogP contribution in [-0.4, -0.2) is 28.0 Å². The smallest absolute Gasteiger partial charge is 0.204 e. The predicted molar refractivity (Wildman–Crippen MR) is 101 cm³/mol. The second kappa shape index (κ2) is 6.92. The molecule has 0 saturated heterocycles. The van der Waals surface area contributed by atoms with E-state index in [0.29, 0.717) is 11.4 Å². The monoisotopic (exact) mass is 370 g/mol. The molecule has 7 heteroatoms. The number of rotatable bonds is 4. The predicted octanol–water partition coefficient (Wildman–Crippen LogP) is 3.96. The lowest BCUT2D eigenvalue weighted by molar-refractivity contribution is 0.412. The molecule has 0 aliphatic carbocycles. The maximum Gasteiger partial charge on any atom is 0.204 e. The lowest BCUT2D eigenvalue weighted by atomic mass is 10.0. The summed E-state index contributed by atoms with van der Waals surface area (Å²) in [6.07, 6.45) is 3.68. The molecule has 0 amide bonds. The lowest BCUT2D eigenvalue weighted by Crippen LogP contribution is -2.32. The van der Waals surface area contributed by atoms with Crippen LogP contribution in [0.4, 0.5) is 10.1 Å². The quantitative estimate of drug-likeness (QED) is 0.651. The van der Waals surface area contributed by atoms with E-state index in [1.165, 1.54) is 6.07 Å². The molecule has 1 aliphatic rings. The highest BCUT2D eigenvalue weighted by atomic mass is 32.1. The van der Waals surface area contributed by atoms with Gasteiger partial charge >= 0.3 is 0 Å². The number of nitrogens with zero attached hydrogens (tertiary/aromatic N) is 4. The first-order valence-corrected chi connectivity index (χ1v) is 8.89. The summed E-state index contributed by atoms with van der Waals surface area (Å²) >= 11 is 5.61. The fourth-order valence-electron chi connectivity index (χ4n) is 3.36. The number of halogens is 1. The lowest BCUT2D eigenvalue weighted by Gasteiger charge is -2.31. The van der Waals surface area contributed by atoms with Gasteiger partial charge in [-0.2, -0.15) is 5.10 Å². The number of fused-ring (bicyclic) bond motifs is 1. The average molecular weight is 370 g/mol. The van der Waals surface area contributed by atoms with Crippen molar-refractivity contribution < 1.29 is 9.13 Å². The molecule has 0 bridgehead atoms. The molecular formula is C19H19FN4OS. The molecule has 0 atom stereocenters. The summed E-state index contributed by atoms with van der Waals surface area (Å²) in [5.41, 5.74) is 2.93. The Morgan fingerprint density at radius 1 is 1.19 bits per heavy atom. The number of hydrogen-bond acceptors (Lipinski definition) is 4. The van der Waals surface area contributed by atoms with Crippen molar-refractivity contribution in [3.63, 3.8) is 0 Å². The zero-order valence-corrected chi connectivity index (χ0v) is 15.2. The summed E-state index contributed by atoms with van der Waals surface area (Å²) in [5.74, 6) is 0.507. The number of aromatic nitrogens is 3. The van der Waals surface area contributed by atoms with E-state index in [2.05, 4.69) is 10.00 Å². The molecule has 4 rings (SSSR count). The number of hydrogen-bond donors (Lipinski definition) is 0. The van der Waals surface area contributed by atoms with Crippen LogP contribution in [0, 0.1) is 10.6 Å². The summed E-state index contributed by atoms with van der Waals surface area (Å²) in [7, 11) is 1.63. The van der Waals surface area contributed by atoms with E-state index in [1.54, 1.807) is 24.2 Å². The molecule has 1 aromatic heterocycles. The third kappa shape index (κ3) is 2.99. The van der Waals surface area contributed by atoms with Crippen molar-refractivity contribution in [2.75, 3.05) is 18.6 Å². The molecule has 134 valence electrons. The van der Waals surface area contributed by atoms with E-state index in [-0.39, 0.29) is 5.82 Å². The average Bonchev–Trinajstić information content (AvgIpc) is 3.02. The van der Waals surface area contributed by atoms with Crippen molar-refractivity contribution in [2.24, 2.45) is 0 Å². The van der Waals surface area contributed by atoms with Gasteiger partial charge in [-0.25, -0.2) is 9.07 Å². The minimum Gasteiger partial charge on any atom is -0.495 e. The van der Waals surface area contributed by atoms with Gasteiger partial charge < -0.3 is 9.64 Å². The maximum absolute atomic E-state index is 13.7. The van der Waals surface area contributed by atoms with E-state index < -0.39 is 0 Å². The van der Waals surface area contributed by atoms with E-state index in [9.17, 15) is 4.39 Å². The summed E-state index contributed by atoms with van der Waals surface area (Å²) in [5, 5.41) is 4.44. The second-order valence-corrected chi connectivity index (χ2v) is 6.60. The van der Waals surface area contributed by atoms with Crippen molar-refractivity contribution in [1.29, 1.82) is 0 Å². The van der Waals surface area contributed by atoms with Gasteiger partial charge in [0.25, 0.3) is 0 Å². The van der Waals surface area contributed by atoms with Crippen molar-refractivity contribution in [3.05, 3.63) is 64.9 Å². The Kier molecular flexibility index (Phi) is 4.46. The van der Waals surface area contributed by atoms with Crippen LogP contribution in [0.5, 0.6) is 5.75 Å². The molecule has 1 aliphatic heterocycles. The number of anilines is 1. The Bertz CT molecular complexity index is 997. The van der Waals surface area contributed by atoms with Gasteiger partial charge in [0.15, 0.2) is 0 Å². The number of aryl methyl sites for hydroxylation is 1. The normalized spacial score (nSPS) is 13.5. The van der Waals surface area contributed by atoms with Crippen molar-refractivity contribution in [3.8, 4) is 11.4 Å². The first kappa shape index (κ1) is 16.8. The van der Waals surface area contributed by atoms with Crippen LogP contribution in [-0.2, 0) is 13.1 Å². The van der Waals surface area contributed by atoms with Gasteiger partial charge in [-0.05, 0) is 54.9 Å². The Hall–Kier alpha value is -2.67. The van der Waals surface area contributed by atoms with Crippen LogP contribution in [0.3, 0.4) is 0 Å². The summed E-state index contributed by atoms with van der Waals surface area (Å²) < 4.78 is 23.3. The highest BCUT2D eigenvalue weighted by molar-refractivity contribution is 7.71. The Balaban J connectivity index is 1.67. The van der Waals surface area contributed by atoms with Crippen LogP contribution >= 0.6 is 12.2 Å². The summed E-state index contributed by atoms with van der Waals surface area (Å²) in [6, 6.07) is 12.6. The van der Waals surface area contributed by atoms with Crippen LogP contribution in [0.2, 0.25) is 0 Å². The number of para-hydroxylation sites is 2. The second-order valence-electron chi connectivity index (χ2n) is 6.24. The molecule has 3 aromatic rings. The van der Waals surface area contributed by atoms with Gasteiger partial charge in [0.1, 0.15) is 24.6 Å². The zero-order chi connectivity index (χ0) is 18.1. The summed E-state index contributed by atoms with van der Waals surface area (Å²) in [6.45, 7) is 1.33. The largest absolute Gasteiger partial charge is 0.495 e. The maximum atomic E-state index is 13.7. The molecule has 2 aromatic carbocycles. The molecular weight excluding hydrogens is 351 g/mol. The van der Waals surface area contributed by atoms with Crippen molar-refractivity contribution in [2.45, 2.75) is 19.5 Å². The fraction of sp³-hybridized carbons (Fsp3) is 0.263. The third-order valence-electron chi connectivity index (χ3n) is 4.64. The van der Waals surface area contributed by atoms with Crippen LogP contribution in [0.25, 0.3) is 5.69 Å². The molecule has 0 N–H and O–H groups in total. The standard InChI is InChI=1S/C19H19FN4OS/c1-25-18-7-3-2-6-16(18)23-12-21-24(19(23)26)13-22-10-4-5-14-8-9-15(20)11-17(14)22/h2-3,6-9,11-12H,4-5,10,13H2,1H3. The zero-order valence-electron chi connectivity index (χ0n) is 14.4.